The molecule has 0 spiro atoms. The minimum absolute atomic E-state index is 0.0307. The van der Waals surface area contributed by atoms with Crippen molar-refractivity contribution in [2.45, 2.75) is 19.8 Å². The van der Waals surface area contributed by atoms with Gasteiger partial charge < -0.3 is 19.5 Å². The van der Waals surface area contributed by atoms with Crippen LogP contribution in [0.2, 0.25) is 0 Å². The van der Waals surface area contributed by atoms with Crippen molar-refractivity contribution in [1.82, 2.24) is 0 Å². The predicted molar refractivity (Wildman–Crippen MR) is 108 cm³/mol. The molecule has 3 rings (SSSR count). The molecule has 1 aliphatic heterocycles. The van der Waals surface area contributed by atoms with Gasteiger partial charge in [-0.05, 0) is 35.8 Å². The zero-order chi connectivity index (χ0) is 21.7. The molecule has 0 atom stereocenters. The van der Waals surface area contributed by atoms with E-state index in [4.69, 9.17) is 14.2 Å². The van der Waals surface area contributed by atoms with E-state index in [0.29, 0.717) is 17.4 Å². The first-order chi connectivity index (χ1) is 14.3. The molecule has 0 saturated heterocycles. The van der Waals surface area contributed by atoms with Gasteiger partial charge in [0, 0.05) is 11.8 Å². The van der Waals surface area contributed by atoms with E-state index >= 15 is 0 Å². The van der Waals surface area contributed by atoms with Gasteiger partial charge in [-0.25, -0.2) is 4.79 Å². The average molecular weight is 412 g/mol. The highest BCUT2D eigenvalue weighted by Crippen LogP contribution is 2.38. The third-order valence-electron chi connectivity index (χ3n) is 4.32. The molecule has 30 heavy (non-hydrogen) atoms. The summed E-state index contributed by atoms with van der Waals surface area (Å²) in [6, 6.07) is 9.99. The van der Waals surface area contributed by atoms with Gasteiger partial charge in [0.25, 0.3) is 11.6 Å². The first-order valence-electron chi connectivity index (χ1n) is 9.16. The second-order valence-corrected chi connectivity index (χ2v) is 6.79. The molecule has 1 amide bonds. The lowest BCUT2D eigenvalue weighted by Gasteiger charge is -2.08. The molecule has 156 valence electrons. The number of nitrogens with one attached hydrogen (secondary N) is 1. The minimum atomic E-state index is -0.813. The number of rotatable bonds is 7. The highest BCUT2D eigenvalue weighted by molar-refractivity contribution is 5.94. The number of nitrogens with zero attached hydrogens (tertiary/aromatic N) is 1. The summed E-state index contributed by atoms with van der Waals surface area (Å²) in [4.78, 5) is 34.5. The number of benzene rings is 2. The van der Waals surface area contributed by atoms with E-state index in [1.54, 1.807) is 12.1 Å². The second kappa shape index (κ2) is 9.08. The number of hydrogen-bond donors (Lipinski definition) is 1. The lowest BCUT2D eigenvalue weighted by molar-refractivity contribution is -0.385. The van der Waals surface area contributed by atoms with E-state index in [1.165, 1.54) is 18.2 Å². The molecule has 9 heteroatoms. The monoisotopic (exact) mass is 412 g/mol. The number of amides is 1. The van der Waals surface area contributed by atoms with E-state index in [0.717, 1.165) is 11.6 Å². The molecule has 1 aliphatic rings. The number of esters is 1. The molecule has 0 aromatic heterocycles. The Hall–Kier alpha value is -3.88. The molecule has 1 N–H and O–H groups in total. The number of nitro benzene ring substituents is 1. The highest BCUT2D eigenvalue weighted by Gasteiger charge is 2.22. The summed E-state index contributed by atoms with van der Waals surface area (Å²) in [5.74, 6) is -0.325. The Morgan fingerprint density at radius 2 is 1.87 bits per heavy atom. The van der Waals surface area contributed by atoms with E-state index in [-0.39, 0.29) is 23.8 Å². The van der Waals surface area contributed by atoms with Crippen LogP contribution in [-0.2, 0) is 14.3 Å². The van der Waals surface area contributed by atoms with Crippen molar-refractivity contribution in [2.24, 2.45) is 0 Å². The van der Waals surface area contributed by atoms with Crippen molar-refractivity contribution in [3.05, 3.63) is 63.7 Å². The summed E-state index contributed by atoms with van der Waals surface area (Å²) in [5.41, 5.74) is 1.64. The summed E-state index contributed by atoms with van der Waals surface area (Å²) >= 11 is 0. The van der Waals surface area contributed by atoms with Crippen LogP contribution in [-0.4, -0.2) is 30.2 Å². The summed E-state index contributed by atoms with van der Waals surface area (Å²) in [5, 5.41) is 13.8. The van der Waals surface area contributed by atoms with Gasteiger partial charge in [0.15, 0.2) is 18.1 Å². The van der Waals surface area contributed by atoms with Crippen LogP contribution in [0, 0.1) is 10.1 Å². The molecular weight excluding hydrogens is 392 g/mol. The summed E-state index contributed by atoms with van der Waals surface area (Å²) in [6.45, 7) is 3.62. The maximum absolute atomic E-state index is 11.9. The Morgan fingerprint density at radius 1 is 1.20 bits per heavy atom. The fourth-order valence-corrected chi connectivity index (χ4v) is 2.73. The molecule has 1 heterocycles. The van der Waals surface area contributed by atoms with Gasteiger partial charge in [-0.1, -0.05) is 26.0 Å². The van der Waals surface area contributed by atoms with Crippen LogP contribution < -0.4 is 14.8 Å². The predicted octanol–water partition coefficient (Wildman–Crippen LogP) is 3.64. The lowest BCUT2D eigenvalue weighted by atomic mass is 10.0. The number of anilines is 1. The molecule has 0 radical (unpaired) electrons. The Balaban J connectivity index is 1.56. The average Bonchev–Trinajstić information content (AvgIpc) is 3.17. The van der Waals surface area contributed by atoms with Crippen molar-refractivity contribution < 1.29 is 28.7 Å². The van der Waals surface area contributed by atoms with Crippen LogP contribution in [0.15, 0.2) is 42.5 Å². The van der Waals surface area contributed by atoms with Crippen LogP contribution in [0.4, 0.5) is 11.4 Å². The topological polar surface area (TPSA) is 117 Å². The molecule has 0 saturated carbocycles. The normalized spacial score (nSPS) is 12.2. The molecule has 0 fully saturated rings. The molecular formula is C21H20N2O7. The van der Waals surface area contributed by atoms with Crippen molar-refractivity contribution in [3.63, 3.8) is 0 Å². The van der Waals surface area contributed by atoms with E-state index in [1.807, 2.05) is 12.1 Å². The fraction of sp³-hybridized carbons (Fsp3) is 0.238. The molecule has 2 aromatic rings. The third kappa shape index (κ3) is 5.13. The van der Waals surface area contributed by atoms with Crippen LogP contribution in [0.3, 0.4) is 0 Å². The number of hydrogen-bond acceptors (Lipinski definition) is 7. The molecule has 0 unspecified atom stereocenters. The standard InChI is InChI=1S/C21H20N2O7/c1-13(2)14-3-6-16(7-4-14)22-20(24)11-28-21(25)8-5-15-9-18-19(30-12-29-18)10-17(15)23(26)27/h3-10,13H,11-12H2,1-2H3,(H,22,24)/b8-5+. The summed E-state index contributed by atoms with van der Waals surface area (Å²) in [7, 11) is 0. The van der Waals surface area contributed by atoms with Gasteiger partial charge in [0.2, 0.25) is 6.79 Å². The van der Waals surface area contributed by atoms with Crippen LogP contribution in [0.5, 0.6) is 11.5 Å². The van der Waals surface area contributed by atoms with Gasteiger partial charge in [0.05, 0.1) is 16.6 Å². The number of carbonyl (C=O) groups excluding carboxylic acids is 2. The third-order valence-corrected chi connectivity index (χ3v) is 4.32. The summed E-state index contributed by atoms with van der Waals surface area (Å²) in [6.07, 6.45) is 2.24. The fourth-order valence-electron chi connectivity index (χ4n) is 2.73. The number of ether oxygens (including phenoxy) is 3. The van der Waals surface area contributed by atoms with E-state index < -0.39 is 23.4 Å². The quantitative estimate of drug-likeness (QED) is 0.319. The first-order valence-corrected chi connectivity index (χ1v) is 9.16. The van der Waals surface area contributed by atoms with Gasteiger partial charge in [-0.3, -0.25) is 14.9 Å². The van der Waals surface area contributed by atoms with Crippen molar-refractivity contribution in [2.75, 3.05) is 18.7 Å². The zero-order valence-electron chi connectivity index (χ0n) is 16.4. The zero-order valence-corrected chi connectivity index (χ0v) is 16.4. The Labute approximate surface area is 172 Å². The Bertz CT molecular complexity index is 997. The van der Waals surface area contributed by atoms with E-state index in [2.05, 4.69) is 19.2 Å². The maximum atomic E-state index is 11.9. The minimum Gasteiger partial charge on any atom is -0.454 e. The number of fused-ring (bicyclic) bond motifs is 1. The van der Waals surface area contributed by atoms with E-state index in [9.17, 15) is 19.7 Å². The van der Waals surface area contributed by atoms with Crippen molar-refractivity contribution in [1.29, 1.82) is 0 Å². The maximum Gasteiger partial charge on any atom is 0.331 e. The van der Waals surface area contributed by atoms with Crippen molar-refractivity contribution >= 4 is 29.3 Å². The molecule has 0 bridgehead atoms. The van der Waals surface area contributed by atoms with Crippen LogP contribution >= 0.6 is 0 Å². The molecule has 0 aliphatic carbocycles. The first kappa shape index (κ1) is 20.8. The highest BCUT2D eigenvalue weighted by atomic mass is 16.7. The largest absolute Gasteiger partial charge is 0.454 e. The van der Waals surface area contributed by atoms with Crippen LogP contribution in [0.25, 0.3) is 6.08 Å². The van der Waals surface area contributed by atoms with Gasteiger partial charge in [-0.2, -0.15) is 0 Å². The van der Waals surface area contributed by atoms with Crippen molar-refractivity contribution in [3.8, 4) is 11.5 Å². The Kier molecular flexibility index (Phi) is 6.31. The lowest BCUT2D eigenvalue weighted by Crippen LogP contribution is -2.20. The number of nitro groups is 1. The Morgan fingerprint density at radius 3 is 2.50 bits per heavy atom. The van der Waals surface area contributed by atoms with Gasteiger partial charge >= 0.3 is 5.97 Å². The van der Waals surface area contributed by atoms with Gasteiger partial charge in [0.1, 0.15) is 0 Å². The molecule has 2 aromatic carbocycles. The summed E-state index contributed by atoms with van der Waals surface area (Å²) < 4.78 is 15.2. The van der Waals surface area contributed by atoms with Gasteiger partial charge in [-0.15, -0.1) is 0 Å². The smallest absolute Gasteiger partial charge is 0.331 e. The van der Waals surface area contributed by atoms with Crippen LogP contribution in [0.1, 0.15) is 30.9 Å². The molecule has 9 nitrogen and oxygen atoms in total. The second-order valence-electron chi connectivity index (χ2n) is 6.79. The number of carbonyl (C=O) groups is 2. The SMILES string of the molecule is CC(C)c1ccc(NC(=O)COC(=O)/C=C/c2cc3c(cc2[N+](=O)[O-])OCO3)cc1.